The minimum absolute atomic E-state index is 0.114. The molecule has 0 aliphatic carbocycles. The van der Waals surface area contributed by atoms with Gasteiger partial charge in [-0.25, -0.2) is 14.5 Å². The van der Waals surface area contributed by atoms with Gasteiger partial charge in [0, 0.05) is 23.1 Å². The highest BCUT2D eigenvalue weighted by Gasteiger charge is 2.34. The standard InChI is InChI=1S/C26H20N4O4/c1-32-19-11-8-16(12-21(19)33-2)22-18-10-9-17(31)13-20(18)34-26-23(22)25-28-24(29-30(25)14-27-26)15-6-4-3-5-7-15/h3-14,22,31H,1-2H3/t22-/m1/s1. The van der Waals surface area contributed by atoms with E-state index in [0.717, 1.165) is 22.3 Å². The van der Waals surface area contributed by atoms with Crippen molar-refractivity contribution in [3.63, 3.8) is 0 Å². The summed E-state index contributed by atoms with van der Waals surface area (Å²) in [5.74, 6) is 2.61. The predicted octanol–water partition coefficient (Wildman–Crippen LogP) is 4.80. The molecule has 34 heavy (non-hydrogen) atoms. The first-order valence-electron chi connectivity index (χ1n) is 10.7. The number of fused-ring (bicyclic) bond motifs is 4. The molecule has 6 rings (SSSR count). The summed E-state index contributed by atoms with van der Waals surface area (Å²) in [5, 5.41) is 14.7. The molecule has 0 saturated heterocycles. The van der Waals surface area contributed by atoms with Gasteiger partial charge in [0.2, 0.25) is 5.88 Å². The second-order valence-electron chi connectivity index (χ2n) is 7.90. The summed E-state index contributed by atoms with van der Waals surface area (Å²) in [5.41, 5.74) is 4.14. The second-order valence-corrected chi connectivity index (χ2v) is 7.90. The highest BCUT2D eigenvalue weighted by molar-refractivity contribution is 5.69. The summed E-state index contributed by atoms with van der Waals surface area (Å²) in [6.45, 7) is 0. The van der Waals surface area contributed by atoms with E-state index < -0.39 is 0 Å². The Hall–Kier alpha value is -4.59. The molecule has 2 aromatic heterocycles. The molecular weight excluding hydrogens is 432 g/mol. The summed E-state index contributed by atoms with van der Waals surface area (Å²) >= 11 is 0. The van der Waals surface area contributed by atoms with Crippen LogP contribution in [0.4, 0.5) is 0 Å². The van der Waals surface area contributed by atoms with Crippen LogP contribution in [0.25, 0.3) is 17.0 Å². The number of aromatic hydroxyl groups is 1. The molecule has 0 saturated carbocycles. The molecule has 1 aliphatic rings. The molecule has 8 heteroatoms. The Morgan fingerprint density at radius 1 is 0.941 bits per heavy atom. The van der Waals surface area contributed by atoms with Gasteiger partial charge in [-0.15, -0.1) is 5.10 Å². The van der Waals surface area contributed by atoms with Crippen molar-refractivity contribution in [3.05, 3.63) is 89.7 Å². The maximum Gasteiger partial charge on any atom is 0.228 e. The zero-order chi connectivity index (χ0) is 23.2. The molecular formula is C26H20N4O4. The average molecular weight is 452 g/mol. The molecule has 3 aromatic carbocycles. The molecule has 8 nitrogen and oxygen atoms in total. The van der Waals surface area contributed by atoms with E-state index in [4.69, 9.17) is 19.2 Å². The summed E-state index contributed by atoms with van der Waals surface area (Å²) in [7, 11) is 3.21. The molecule has 0 radical (unpaired) electrons. The van der Waals surface area contributed by atoms with Crippen molar-refractivity contribution >= 4 is 5.65 Å². The lowest BCUT2D eigenvalue weighted by Crippen LogP contribution is -2.15. The Morgan fingerprint density at radius 3 is 2.56 bits per heavy atom. The van der Waals surface area contributed by atoms with Crippen LogP contribution in [-0.4, -0.2) is 38.9 Å². The van der Waals surface area contributed by atoms with Crippen LogP contribution in [0.3, 0.4) is 0 Å². The maximum absolute atomic E-state index is 10.1. The number of benzene rings is 3. The maximum atomic E-state index is 10.1. The fraction of sp³-hybridized carbons (Fsp3) is 0.115. The predicted molar refractivity (Wildman–Crippen MR) is 125 cm³/mol. The van der Waals surface area contributed by atoms with E-state index in [2.05, 4.69) is 10.1 Å². The number of ether oxygens (including phenoxy) is 3. The van der Waals surface area contributed by atoms with Gasteiger partial charge in [0.25, 0.3) is 0 Å². The molecule has 0 amide bonds. The fourth-order valence-electron chi connectivity index (χ4n) is 4.39. The van der Waals surface area contributed by atoms with Gasteiger partial charge in [0.1, 0.15) is 17.8 Å². The third-order valence-corrected chi connectivity index (χ3v) is 5.96. The van der Waals surface area contributed by atoms with E-state index in [0.29, 0.717) is 34.6 Å². The Bertz CT molecular complexity index is 1530. The molecule has 0 spiro atoms. The van der Waals surface area contributed by atoms with E-state index >= 15 is 0 Å². The van der Waals surface area contributed by atoms with E-state index in [1.165, 1.54) is 0 Å². The van der Waals surface area contributed by atoms with Crippen LogP contribution in [0, 0.1) is 0 Å². The van der Waals surface area contributed by atoms with Crippen molar-refractivity contribution in [1.29, 1.82) is 0 Å². The van der Waals surface area contributed by atoms with Gasteiger partial charge in [0.05, 0.1) is 19.8 Å². The SMILES string of the molecule is COc1ccc([C@@H]2c3ccc(O)cc3Oc3ncn4nc(-c5ccccc5)nc4c32)cc1OC. The third-order valence-electron chi connectivity index (χ3n) is 5.96. The molecule has 1 N–H and O–H groups in total. The molecule has 1 aliphatic heterocycles. The normalized spacial score (nSPS) is 14.2. The first-order valence-corrected chi connectivity index (χ1v) is 10.7. The quantitative estimate of drug-likeness (QED) is 0.411. The van der Waals surface area contributed by atoms with E-state index in [9.17, 15) is 5.11 Å². The van der Waals surface area contributed by atoms with Crippen molar-refractivity contribution in [2.75, 3.05) is 14.2 Å². The minimum atomic E-state index is -0.289. The Morgan fingerprint density at radius 2 is 1.76 bits per heavy atom. The smallest absolute Gasteiger partial charge is 0.228 e. The van der Waals surface area contributed by atoms with Crippen molar-refractivity contribution in [1.82, 2.24) is 19.6 Å². The molecule has 0 unspecified atom stereocenters. The van der Waals surface area contributed by atoms with E-state index in [1.807, 2.05) is 54.6 Å². The molecule has 5 aromatic rings. The van der Waals surface area contributed by atoms with Crippen molar-refractivity contribution in [2.24, 2.45) is 0 Å². The Labute approximate surface area is 195 Å². The summed E-state index contributed by atoms with van der Waals surface area (Å²) in [6, 6.07) is 20.7. The number of hydrogen-bond donors (Lipinski definition) is 1. The van der Waals surface area contributed by atoms with Crippen LogP contribution in [0.2, 0.25) is 0 Å². The van der Waals surface area contributed by atoms with Crippen LogP contribution < -0.4 is 14.2 Å². The van der Waals surface area contributed by atoms with Crippen molar-refractivity contribution < 1.29 is 19.3 Å². The number of aromatic nitrogens is 4. The summed E-state index contributed by atoms with van der Waals surface area (Å²) in [4.78, 5) is 9.40. The number of rotatable bonds is 4. The van der Waals surface area contributed by atoms with Gasteiger partial charge in [0.15, 0.2) is 23.0 Å². The van der Waals surface area contributed by atoms with Crippen molar-refractivity contribution in [3.8, 4) is 40.3 Å². The van der Waals surface area contributed by atoms with Crippen LogP contribution in [0.1, 0.15) is 22.6 Å². The largest absolute Gasteiger partial charge is 0.508 e. The minimum Gasteiger partial charge on any atom is -0.508 e. The molecule has 0 fully saturated rings. The third kappa shape index (κ3) is 3.11. The lowest BCUT2D eigenvalue weighted by Gasteiger charge is -2.28. The molecule has 168 valence electrons. The topological polar surface area (TPSA) is 91.0 Å². The van der Waals surface area contributed by atoms with Gasteiger partial charge in [-0.05, 0) is 23.8 Å². The molecule has 3 heterocycles. The monoisotopic (exact) mass is 452 g/mol. The zero-order valence-corrected chi connectivity index (χ0v) is 18.5. The highest BCUT2D eigenvalue weighted by Crippen LogP contribution is 2.49. The Kier molecular flexibility index (Phi) is 4.58. The number of phenolic OH excluding ortho intramolecular Hbond substituents is 1. The fourth-order valence-corrected chi connectivity index (χ4v) is 4.39. The van der Waals surface area contributed by atoms with E-state index in [1.54, 1.807) is 37.2 Å². The van der Waals surface area contributed by atoms with Crippen LogP contribution >= 0.6 is 0 Å². The van der Waals surface area contributed by atoms with Gasteiger partial charge < -0.3 is 19.3 Å². The second kappa shape index (κ2) is 7.77. The number of hydrogen-bond acceptors (Lipinski definition) is 7. The van der Waals surface area contributed by atoms with Crippen LogP contribution in [0.5, 0.6) is 28.9 Å². The average Bonchev–Trinajstić information content (AvgIpc) is 3.32. The zero-order valence-electron chi connectivity index (χ0n) is 18.5. The number of nitrogens with zero attached hydrogens (tertiary/aromatic N) is 4. The number of phenols is 1. The molecule has 1 atom stereocenters. The van der Waals surface area contributed by atoms with E-state index in [-0.39, 0.29) is 11.7 Å². The van der Waals surface area contributed by atoms with Crippen molar-refractivity contribution in [2.45, 2.75) is 5.92 Å². The summed E-state index contributed by atoms with van der Waals surface area (Å²) < 4.78 is 18.8. The lowest BCUT2D eigenvalue weighted by molar-refractivity contribution is 0.354. The van der Waals surface area contributed by atoms with Gasteiger partial charge in [-0.2, -0.15) is 0 Å². The van der Waals surface area contributed by atoms with Gasteiger partial charge in [-0.1, -0.05) is 42.5 Å². The van der Waals surface area contributed by atoms with Crippen LogP contribution in [0.15, 0.2) is 73.1 Å². The lowest BCUT2D eigenvalue weighted by atomic mass is 9.83. The first-order chi connectivity index (χ1) is 16.7. The van der Waals surface area contributed by atoms with Gasteiger partial charge in [-0.3, -0.25) is 0 Å². The Balaban J connectivity index is 1.61. The molecule has 0 bridgehead atoms. The summed E-state index contributed by atoms with van der Waals surface area (Å²) in [6.07, 6.45) is 1.59. The first kappa shape index (κ1) is 20.0. The van der Waals surface area contributed by atoms with Gasteiger partial charge >= 0.3 is 0 Å². The van der Waals surface area contributed by atoms with Crippen LogP contribution in [-0.2, 0) is 0 Å². The highest BCUT2D eigenvalue weighted by atomic mass is 16.5. The number of methoxy groups -OCH3 is 2.